The normalized spacial score (nSPS) is 11.1. The molecule has 0 amide bonds. The van der Waals surface area contributed by atoms with Crippen molar-refractivity contribution in [1.82, 2.24) is 24.1 Å². The molecule has 0 saturated heterocycles. The van der Waals surface area contributed by atoms with Crippen molar-refractivity contribution >= 4 is 5.78 Å². The van der Waals surface area contributed by atoms with Crippen LogP contribution in [-0.4, -0.2) is 29.3 Å². The zero-order valence-corrected chi connectivity index (χ0v) is 11.9. The van der Waals surface area contributed by atoms with Crippen LogP contribution < -0.4 is 0 Å². The molecule has 6 nitrogen and oxygen atoms in total. The molecule has 6 heteroatoms. The van der Waals surface area contributed by atoms with E-state index in [2.05, 4.69) is 15.1 Å². The molecule has 0 aliphatic heterocycles. The lowest BCUT2D eigenvalue weighted by molar-refractivity contribution is 0.477. The van der Waals surface area contributed by atoms with E-state index < -0.39 is 0 Å². The Hall–Kier alpha value is -3.15. The van der Waals surface area contributed by atoms with E-state index in [0.29, 0.717) is 17.0 Å². The minimum Gasteiger partial charge on any atom is -0.507 e. The average molecular weight is 291 g/mol. The largest absolute Gasteiger partial charge is 0.507 e. The van der Waals surface area contributed by atoms with Gasteiger partial charge in [-0.15, -0.1) is 0 Å². The van der Waals surface area contributed by atoms with Crippen LogP contribution in [0.5, 0.6) is 5.75 Å². The third kappa shape index (κ3) is 2.01. The van der Waals surface area contributed by atoms with Crippen molar-refractivity contribution in [3.8, 4) is 28.1 Å². The molecule has 0 fully saturated rings. The first-order chi connectivity index (χ1) is 10.7. The van der Waals surface area contributed by atoms with E-state index in [-0.39, 0.29) is 5.75 Å². The van der Waals surface area contributed by atoms with Crippen LogP contribution in [0.25, 0.3) is 28.2 Å². The molecule has 0 spiro atoms. The molecule has 3 heterocycles. The van der Waals surface area contributed by atoms with Gasteiger partial charge in [-0.2, -0.15) is 5.10 Å². The molecule has 4 rings (SSSR count). The van der Waals surface area contributed by atoms with E-state index in [4.69, 9.17) is 0 Å². The van der Waals surface area contributed by atoms with E-state index in [1.807, 2.05) is 42.2 Å². The molecule has 22 heavy (non-hydrogen) atoms. The third-order valence-corrected chi connectivity index (χ3v) is 3.53. The Labute approximate surface area is 126 Å². The van der Waals surface area contributed by atoms with E-state index in [9.17, 15) is 5.11 Å². The molecule has 0 aliphatic rings. The SMILES string of the molecule is Cn1cc(-c2cnc3nc(-c4ccccc4O)cn3c2)cn1. The summed E-state index contributed by atoms with van der Waals surface area (Å²) in [6.45, 7) is 0. The number of phenolic OH excluding ortho intramolecular Hbond substituents is 1. The highest BCUT2D eigenvalue weighted by molar-refractivity contribution is 5.69. The van der Waals surface area contributed by atoms with Crippen LogP contribution in [0.1, 0.15) is 0 Å². The van der Waals surface area contributed by atoms with Crippen LogP contribution in [0.4, 0.5) is 0 Å². The number of phenols is 1. The highest BCUT2D eigenvalue weighted by atomic mass is 16.3. The Morgan fingerprint density at radius 1 is 1.00 bits per heavy atom. The van der Waals surface area contributed by atoms with Gasteiger partial charge >= 0.3 is 0 Å². The summed E-state index contributed by atoms with van der Waals surface area (Å²) in [6, 6.07) is 7.13. The maximum Gasteiger partial charge on any atom is 0.234 e. The molecule has 0 unspecified atom stereocenters. The van der Waals surface area contributed by atoms with Gasteiger partial charge in [0.1, 0.15) is 5.75 Å². The summed E-state index contributed by atoms with van der Waals surface area (Å²) in [7, 11) is 1.88. The van der Waals surface area contributed by atoms with Gasteiger partial charge in [0.05, 0.1) is 11.9 Å². The second-order valence-corrected chi connectivity index (χ2v) is 5.10. The Morgan fingerprint density at radius 3 is 2.59 bits per heavy atom. The topological polar surface area (TPSA) is 68.2 Å². The Balaban J connectivity index is 1.83. The molecule has 108 valence electrons. The van der Waals surface area contributed by atoms with Crippen LogP contribution in [0, 0.1) is 0 Å². The van der Waals surface area contributed by atoms with Gasteiger partial charge < -0.3 is 5.11 Å². The maximum atomic E-state index is 9.94. The minimum atomic E-state index is 0.207. The van der Waals surface area contributed by atoms with Gasteiger partial charge in [-0.25, -0.2) is 9.97 Å². The number of aryl methyl sites for hydroxylation is 1. The fraction of sp³-hybridized carbons (Fsp3) is 0.0625. The number of imidazole rings is 1. The molecule has 1 N–H and O–H groups in total. The number of nitrogens with zero attached hydrogens (tertiary/aromatic N) is 5. The summed E-state index contributed by atoms with van der Waals surface area (Å²) >= 11 is 0. The summed E-state index contributed by atoms with van der Waals surface area (Å²) < 4.78 is 3.60. The van der Waals surface area contributed by atoms with Crippen molar-refractivity contribution < 1.29 is 5.11 Å². The second kappa shape index (κ2) is 4.70. The van der Waals surface area contributed by atoms with Gasteiger partial charge in [0, 0.05) is 48.5 Å². The zero-order chi connectivity index (χ0) is 15.1. The molecule has 4 aromatic rings. The van der Waals surface area contributed by atoms with E-state index in [1.54, 1.807) is 29.2 Å². The van der Waals surface area contributed by atoms with Crippen molar-refractivity contribution in [2.24, 2.45) is 7.05 Å². The van der Waals surface area contributed by atoms with E-state index in [0.717, 1.165) is 11.1 Å². The average Bonchev–Trinajstić information content (AvgIpc) is 3.12. The number of fused-ring (bicyclic) bond motifs is 1. The quantitative estimate of drug-likeness (QED) is 0.616. The van der Waals surface area contributed by atoms with Crippen molar-refractivity contribution in [1.29, 1.82) is 0 Å². The second-order valence-electron chi connectivity index (χ2n) is 5.10. The van der Waals surface area contributed by atoms with Crippen molar-refractivity contribution in [2.75, 3.05) is 0 Å². The van der Waals surface area contributed by atoms with E-state index in [1.165, 1.54) is 0 Å². The van der Waals surface area contributed by atoms with Crippen LogP contribution in [0.2, 0.25) is 0 Å². The first kappa shape index (κ1) is 12.6. The van der Waals surface area contributed by atoms with Gasteiger partial charge in [-0.05, 0) is 12.1 Å². The highest BCUT2D eigenvalue weighted by Crippen LogP contribution is 2.28. The summed E-state index contributed by atoms with van der Waals surface area (Å²) in [6.07, 6.45) is 9.31. The lowest BCUT2D eigenvalue weighted by atomic mass is 10.1. The first-order valence-corrected chi connectivity index (χ1v) is 6.83. The van der Waals surface area contributed by atoms with Gasteiger partial charge in [0.15, 0.2) is 0 Å². The highest BCUT2D eigenvalue weighted by Gasteiger charge is 2.10. The lowest BCUT2D eigenvalue weighted by Crippen LogP contribution is -1.88. The van der Waals surface area contributed by atoms with E-state index >= 15 is 0 Å². The molecule has 0 radical (unpaired) electrons. The van der Waals surface area contributed by atoms with Crippen LogP contribution in [0.15, 0.2) is 55.2 Å². The van der Waals surface area contributed by atoms with Gasteiger partial charge in [-0.3, -0.25) is 9.08 Å². The minimum absolute atomic E-state index is 0.207. The maximum absolute atomic E-state index is 9.94. The first-order valence-electron chi connectivity index (χ1n) is 6.83. The summed E-state index contributed by atoms with van der Waals surface area (Å²) in [4.78, 5) is 8.83. The summed E-state index contributed by atoms with van der Waals surface area (Å²) in [5.41, 5.74) is 3.33. The Bertz CT molecular complexity index is 970. The summed E-state index contributed by atoms with van der Waals surface area (Å²) in [5.74, 6) is 0.796. The van der Waals surface area contributed by atoms with Gasteiger partial charge in [0.25, 0.3) is 0 Å². The Kier molecular flexibility index (Phi) is 2.69. The van der Waals surface area contributed by atoms with Gasteiger partial charge in [0.2, 0.25) is 5.78 Å². The molecule has 1 aromatic carbocycles. The van der Waals surface area contributed by atoms with Crippen LogP contribution in [-0.2, 0) is 7.05 Å². The number of benzene rings is 1. The van der Waals surface area contributed by atoms with Crippen molar-refractivity contribution in [3.05, 3.63) is 55.2 Å². The number of rotatable bonds is 2. The number of aromatic hydroxyl groups is 1. The molecule has 0 saturated carbocycles. The monoisotopic (exact) mass is 291 g/mol. The number of hydrogen-bond donors (Lipinski definition) is 1. The molecule has 0 atom stereocenters. The third-order valence-electron chi connectivity index (χ3n) is 3.53. The van der Waals surface area contributed by atoms with Gasteiger partial charge in [-0.1, -0.05) is 12.1 Å². The lowest BCUT2D eigenvalue weighted by Gasteiger charge is -1.98. The smallest absolute Gasteiger partial charge is 0.234 e. The predicted molar refractivity (Wildman–Crippen MR) is 82.3 cm³/mol. The fourth-order valence-corrected chi connectivity index (χ4v) is 2.42. The summed E-state index contributed by atoms with van der Waals surface area (Å²) in [5, 5.41) is 14.1. The zero-order valence-electron chi connectivity index (χ0n) is 11.9. The van der Waals surface area contributed by atoms with Crippen LogP contribution >= 0.6 is 0 Å². The fourth-order valence-electron chi connectivity index (χ4n) is 2.42. The predicted octanol–water partition coefficient (Wildman–Crippen LogP) is 2.50. The molecule has 3 aromatic heterocycles. The molecular weight excluding hydrogens is 278 g/mol. The van der Waals surface area contributed by atoms with Crippen molar-refractivity contribution in [3.63, 3.8) is 0 Å². The number of para-hydroxylation sites is 1. The van der Waals surface area contributed by atoms with Crippen LogP contribution in [0.3, 0.4) is 0 Å². The van der Waals surface area contributed by atoms with Crippen molar-refractivity contribution in [2.45, 2.75) is 0 Å². The Morgan fingerprint density at radius 2 is 1.82 bits per heavy atom. The number of aromatic nitrogens is 5. The molecule has 0 aliphatic carbocycles. The molecular formula is C16H13N5O. The standard InChI is InChI=1S/C16H13N5O/c1-20-8-12(7-18-20)11-6-17-16-19-14(10-21(16)9-11)13-4-2-3-5-15(13)22/h2-10,22H,1H3. The molecule has 0 bridgehead atoms. The number of hydrogen-bond acceptors (Lipinski definition) is 4.